The summed E-state index contributed by atoms with van der Waals surface area (Å²) >= 11 is 1.63. The van der Waals surface area contributed by atoms with Gasteiger partial charge in [-0.3, -0.25) is 4.98 Å². The van der Waals surface area contributed by atoms with E-state index in [0.29, 0.717) is 0 Å². The molecule has 0 saturated carbocycles. The van der Waals surface area contributed by atoms with Crippen molar-refractivity contribution in [3.63, 3.8) is 0 Å². The molecule has 4 heteroatoms. The molecule has 0 amide bonds. The maximum atomic E-state index is 5.81. The van der Waals surface area contributed by atoms with Crippen molar-refractivity contribution in [2.45, 2.75) is 60.8 Å². The first kappa shape index (κ1) is 27.7. The van der Waals surface area contributed by atoms with Gasteiger partial charge in [0, 0.05) is 29.5 Å². The number of nitrogens with one attached hydrogen (secondary N) is 1. The minimum absolute atomic E-state index is 0.736. The van der Waals surface area contributed by atoms with Crippen molar-refractivity contribution < 1.29 is 0 Å². The van der Waals surface area contributed by atoms with Gasteiger partial charge in [0.1, 0.15) is 0 Å². The van der Waals surface area contributed by atoms with Crippen LogP contribution in [0.15, 0.2) is 53.7 Å². The summed E-state index contributed by atoms with van der Waals surface area (Å²) < 4.78 is 0. The average molecular weight is 392 g/mol. The van der Waals surface area contributed by atoms with E-state index in [4.69, 9.17) is 5.73 Å². The molecule has 0 aliphatic carbocycles. The second-order valence-electron chi connectivity index (χ2n) is 5.99. The number of hydrogen-bond acceptors (Lipinski definition) is 4. The lowest BCUT2D eigenvalue weighted by molar-refractivity contribution is 0.598. The van der Waals surface area contributed by atoms with Crippen LogP contribution in [0.3, 0.4) is 0 Å². The SMILES string of the molecule is C/C=C(C)\C=C/C(C)CCCC.CC.CNCS/C=C(\N)c1cccnc1. The van der Waals surface area contributed by atoms with Crippen LogP contribution in [0.2, 0.25) is 0 Å². The zero-order valence-corrected chi connectivity index (χ0v) is 19.3. The van der Waals surface area contributed by atoms with Gasteiger partial charge >= 0.3 is 0 Å². The number of thioether (sulfide) groups is 1. The lowest BCUT2D eigenvalue weighted by Crippen LogP contribution is -2.03. The van der Waals surface area contributed by atoms with Crippen LogP contribution in [0.1, 0.15) is 66.4 Å². The quantitative estimate of drug-likeness (QED) is 0.282. The van der Waals surface area contributed by atoms with Crippen LogP contribution in [0, 0.1) is 5.92 Å². The topological polar surface area (TPSA) is 50.9 Å². The Bertz CT molecular complexity index is 522. The van der Waals surface area contributed by atoms with Gasteiger partial charge in [-0.2, -0.15) is 0 Å². The molecular formula is C23H41N3S. The largest absolute Gasteiger partial charge is 0.398 e. The first-order chi connectivity index (χ1) is 13.0. The molecule has 1 aromatic rings. The number of pyridine rings is 1. The van der Waals surface area contributed by atoms with Gasteiger partial charge in [0.05, 0.1) is 0 Å². The van der Waals surface area contributed by atoms with Crippen molar-refractivity contribution >= 4 is 17.5 Å². The van der Waals surface area contributed by atoms with E-state index in [0.717, 1.165) is 23.1 Å². The van der Waals surface area contributed by atoms with Gasteiger partial charge in [-0.25, -0.2) is 0 Å². The number of hydrogen-bond donors (Lipinski definition) is 2. The van der Waals surface area contributed by atoms with Crippen molar-refractivity contribution in [2.75, 3.05) is 12.9 Å². The van der Waals surface area contributed by atoms with Crippen molar-refractivity contribution in [3.8, 4) is 0 Å². The summed E-state index contributed by atoms with van der Waals surface area (Å²) in [5, 5.41) is 4.95. The molecule has 0 spiro atoms. The maximum absolute atomic E-state index is 5.81. The minimum atomic E-state index is 0.736. The second kappa shape index (κ2) is 20.8. The van der Waals surface area contributed by atoms with E-state index in [1.54, 1.807) is 24.2 Å². The fourth-order valence-corrected chi connectivity index (χ4v) is 2.42. The second-order valence-corrected chi connectivity index (χ2v) is 6.85. The van der Waals surface area contributed by atoms with Gasteiger partial charge in [-0.05, 0) is 50.8 Å². The highest BCUT2D eigenvalue weighted by Gasteiger charge is 1.95. The van der Waals surface area contributed by atoms with Gasteiger partial charge in [0.15, 0.2) is 0 Å². The third-order valence-corrected chi connectivity index (χ3v) is 4.46. The summed E-state index contributed by atoms with van der Waals surface area (Å²) in [6, 6.07) is 3.82. The minimum Gasteiger partial charge on any atom is -0.398 e. The van der Waals surface area contributed by atoms with E-state index < -0.39 is 0 Å². The molecule has 0 aliphatic heterocycles. The summed E-state index contributed by atoms with van der Waals surface area (Å²) in [6.45, 7) is 12.8. The van der Waals surface area contributed by atoms with Crippen molar-refractivity contribution in [1.29, 1.82) is 0 Å². The fourth-order valence-electron chi connectivity index (χ4n) is 1.85. The molecule has 1 atom stereocenters. The van der Waals surface area contributed by atoms with E-state index in [2.05, 4.69) is 56.2 Å². The zero-order chi connectivity index (χ0) is 20.9. The molecular weight excluding hydrogens is 350 g/mol. The van der Waals surface area contributed by atoms with Crippen LogP contribution in [0.5, 0.6) is 0 Å². The molecule has 0 aromatic carbocycles. The predicted octanol–water partition coefficient (Wildman–Crippen LogP) is 6.61. The fraction of sp³-hybridized carbons (Fsp3) is 0.522. The lowest BCUT2D eigenvalue weighted by atomic mass is 10.0. The number of rotatable bonds is 9. The smallest absolute Gasteiger partial charge is 0.0467 e. The monoisotopic (exact) mass is 391 g/mol. The van der Waals surface area contributed by atoms with Crippen LogP contribution in [0.25, 0.3) is 5.70 Å². The van der Waals surface area contributed by atoms with E-state index in [-0.39, 0.29) is 0 Å². The van der Waals surface area contributed by atoms with E-state index in [1.165, 1.54) is 24.8 Å². The Kier molecular flexibility index (Phi) is 21.3. The van der Waals surface area contributed by atoms with E-state index in [1.807, 2.05) is 38.4 Å². The molecule has 3 nitrogen and oxygen atoms in total. The standard InChI is InChI=1S/C12H22.C9H13N3S.C2H6/c1-5-7-8-12(4)10-9-11(3)6-2;1-11-7-13-6-9(10)8-3-2-4-12-5-8;1-2/h6,9-10,12H,5,7-8H2,1-4H3;2-6,11H,7,10H2,1H3;1-2H3/b10-9-,11-6-;9-6-;. The first-order valence-electron chi connectivity index (χ1n) is 9.98. The molecule has 3 N–H and O–H groups in total. The average Bonchev–Trinajstić information content (AvgIpc) is 2.73. The highest BCUT2D eigenvalue weighted by molar-refractivity contribution is 8.02. The maximum Gasteiger partial charge on any atom is 0.0467 e. The number of nitrogens with zero attached hydrogens (tertiary/aromatic N) is 1. The predicted molar refractivity (Wildman–Crippen MR) is 127 cm³/mol. The van der Waals surface area contributed by atoms with E-state index >= 15 is 0 Å². The van der Waals surface area contributed by atoms with Gasteiger partial charge in [-0.15, -0.1) is 11.8 Å². The number of allylic oxidation sites excluding steroid dienone is 4. The molecule has 0 aliphatic rings. The highest BCUT2D eigenvalue weighted by Crippen LogP contribution is 2.11. The van der Waals surface area contributed by atoms with E-state index in [9.17, 15) is 0 Å². The third kappa shape index (κ3) is 17.6. The molecule has 27 heavy (non-hydrogen) atoms. The number of aromatic nitrogens is 1. The number of unbranched alkanes of at least 4 members (excludes halogenated alkanes) is 1. The normalized spacial score (nSPS) is 12.7. The Morgan fingerprint density at radius 1 is 1.37 bits per heavy atom. The Morgan fingerprint density at radius 2 is 2.07 bits per heavy atom. The van der Waals surface area contributed by atoms with Crippen molar-refractivity contribution in [1.82, 2.24) is 10.3 Å². The summed E-state index contributed by atoms with van der Waals surface area (Å²) in [5.74, 6) is 1.60. The Hall–Kier alpha value is -1.52. The van der Waals surface area contributed by atoms with Crippen LogP contribution < -0.4 is 11.1 Å². The van der Waals surface area contributed by atoms with Crippen LogP contribution in [0.4, 0.5) is 0 Å². The number of nitrogens with two attached hydrogens (primary N) is 1. The molecule has 1 rings (SSSR count). The van der Waals surface area contributed by atoms with Gasteiger partial charge in [-0.1, -0.05) is 64.3 Å². The van der Waals surface area contributed by atoms with Gasteiger partial charge in [0.25, 0.3) is 0 Å². The Balaban J connectivity index is 0. The lowest BCUT2D eigenvalue weighted by Gasteiger charge is -2.03. The molecule has 1 aromatic heterocycles. The molecule has 0 fully saturated rings. The first-order valence-corrected chi connectivity index (χ1v) is 11.0. The molecule has 0 saturated heterocycles. The molecule has 1 heterocycles. The summed E-state index contributed by atoms with van der Waals surface area (Å²) in [4.78, 5) is 3.99. The van der Waals surface area contributed by atoms with Gasteiger partial charge < -0.3 is 11.1 Å². The van der Waals surface area contributed by atoms with Crippen LogP contribution >= 0.6 is 11.8 Å². The Labute approximate surface area is 172 Å². The summed E-state index contributed by atoms with van der Waals surface area (Å²) in [6.07, 6.45) is 14.1. The molecule has 1 unspecified atom stereocenters. The van der Waals surface area contributed by atoms with Gasteiger partial charge in [0.2, 0.25) is 0 Å². The highest BCUT2D eigenvalue weighted by atomic mass is 32.2. The summed E-state index contributed by atoms with van der Waals surface area (Å²) in [7, 11) is 1.90. The molecule has 0 bridgehead atoms. The summed E-state index contributed by atoms with van der Waals surface area (Å²) in [5.41, 5.74) is 8.89. The third-order valence-electron chi connectivity index (χ3n) is 3.59. The van der Waals surface area contributed by atoms with Crippen LogP contribution in [-0.2, 0) is 0 Å². The molecule has 154 valence electrons. The van der Waals surface area contributed by atoms with Crippen LogP contribution in [-0.4, -0.2) is 17.9 Å². The van der Waals surface area contributed by atoms with Crippen molar-refractivity contribution in [2.24, 2.45) is 11.7 Å². The van der Waals surface area contributed by atoms with Crippen molar-refractivity contribution in [3.05, 3.63) is 59.3 Å². The Morgan fingerprint density at radius 3 is 2.59 bits per heavy atom. The molecule has 0 radical (unpaired) electrons. The zero-order valence-electron chi connectivity index (χ0n) is 18.5.